The Morgan fingerprint density at radius 1 is 0.967 bits per heavy atom. The minimum absolute atomic E-state index is 0.381. The van der Waals surface area contributed by atoms with Gasteiger partial charge in [-0.3, -0.25) is 5.10 Å². The van der Waals surface area contributed by atoms with Gasteiger partial charge < -0.3 is 14.5 Å². The summed E-state index contributed by atoms with van der Waals surface area (Å²) in [6.07, 6.45) is 8.60. The van der Waals surface area contributed by atoms with Gasteiger partial charge in [-0.2, -0.15) is 5.10 Å². The van der Waals surface area contributed by atoms with Crippen LogP contribution in [0.3, 0.4) is 0 Å². The zero-order valence-electron chi connectivity index (χ0n) is 16.8. The third kappa shape index (κ3) is 2.88. The van der Waals surface area contributed by atoms with Crippen molar-refractivity contribution in [2.45, 2.75) is 11.8 Å². The number of hydrogen-bond donors (Lipinski definition) is 2. The smallest absolute Gasteiger partial charge is 0.119 e. The number of H-pyrrole nitrogens is 2. The molecule has 0 bridgehead atoms. The second-order valence-corrected chi connectivity index (χ2v) is 7.38. The zero-order valence-corrected chi connectivity index (χ0v) is 16.8. The number of ether oxygens (including phenoxy) is 2. The van der Waals surface area contributed by atoms with Crippen LogP contribution in [0.2, 0.25) is 0 Å². The lowest BCUT2D eigenvalue weighted by atomic mass is 9.68. The van der Waals surface area contributed by atoms with E-state index in [0.717, 1.165) is 51.7 Å². The molecule has 0 saturated heterocycles. The molecule has 2 aromatic heterocycles. The molecule has 150 valence electrons. The van der Waals surface area contributed by atoms with E-state index in [1.165, 1.54) is 0 Å². The van der Waals surface area contributed by atoms with E-state index >= 15 is 0 Å². The van der Waals surface area contributed by atoms with Gasteiger partial charge >= 0.3 is 0 Å². The molecule has 0 saturated carbocycles. The highest BCUT2D eigenvalue weighted by Gasteiger charge is 2.37. The first kappa shape index (κ1) is 18.2. The van der Waals surface area contributed by atoms with Crippen LogP contribution in [-0.2, 0) is 11.8 Å². The lowest BCUT2D eigenvalue weighted by molar-refractivity contribution is 0.411. The summed E-state index contributed by atoms with van der Waals surface area (Å²) < 4.78 is 11.0. The topological polar surface area (TPSA) is 75.8 Å². The molecule has 4 aromatic rings. The van der Waals surface area contributed by atoms with Crippen LogP contribution < -0.4 is 9.47 Å². The molecular weight excluding hydrogens is 376 g/mol. The molecule has 6 heteroatoms. The van der Waals surface area contributed by atoms with Gasteiger partial charge in [0, 0.05) is 23.1 Å². The van der Waals surface area contributed by atoms with Gasteiger partial charge in [0.2, 0.25) is 0 Å². The average molecular weight is 398 g/mol. The number of allylic oxidation sites excluding steroid dienone is 1. The first-order valence-corrected chi connectivity index (χ1v) is 9.78. The highest BCUT2D eigenvalue weighted by atomic mass is 16.5. The van der Waals surface area contributed by atoms with Crippen molar-refractivity contribution in [3.05, 3.63) is 89.5 Å². The van der Waals surface area contributed by atoms with E-state index in [1.807, 2.05) is 24.3 Å². The number of rotatable bonds is 5. The Kier molecular flexibility index (Phi) is 4.39. The summed E-state index contributed by atoms with van der Waals surface area (Å²) in [6, 6.07) is 16.5. The monoisotopic (exact) mass is 398 g/mol. The number of fused-ring (bicyclic) bond motifs is 1. The molecule has 5 rings (SSSR count). The fourth-order valence-corrected chi connectivity index (χ4v) is 4.22. The van der Waals surface area contributed by atoms with Gasteiger partial charge in [0.25, 0.3) is 0 Å². The number of aromatic amines is 2. The first-order valence-electron chi connectivity index (χ1n) is 9.78. The van der Waals surface area contributed by atoms with Gasteiger partial charge in [0.05, 0.1) is 32.4 Å². The normalized spacial score (nSPS) is 14.3. The van der Waals surface area contributed by atoms with Crippen molar-refractivity contribution in [1.82, 2.24) is 20.2 Å². The van der Waals surface area contributed by atoms with E-state index in [4.69, 9.17) is 9.47 Å². The lowest BCUT2D eigenvalue weighted by Gasteiger charge is -2.35. The Morgan fingerprint density at radius 3 is 2.27 bits per heavy atom. The minimum atomic E-state index is -0.381. The summed E-state index contributed by atoms with van der Waals surface area (Å²) in [7, 11) is 3.38. The number of methoxy groups -OCH3 is 2. The molecule has 1 aliphatic rings. The van der Waals surface area contributed by atoms with Crippen molar-refractivity contribution in [2.75, 3.05) is 14.2 Å². The summed E-state index contributed by atoms with van der Waals surface area (Å²) in [4.78, 5) is 7.27. The summed E-state index contributed by atoms with van der Waals surface area (Å²) >= 11 is 0. The highest BCUT2D eigenvalue weighted by Crippen LogP contribution is 2.44. The molecule has 0 amide bonds. The van der Waals surface area contributed by atoms with Crippen LogP contribution in [0.1, 0.15) is 22.4 Å². The second kappa shape index (κ2) is 7.22. The maximum atomic E-state index is 5.51. The maximum Gasteiger partial charge on any atom is 0.119 e. The van der Waals surface area contributed by atoms with Crippen molar-refractivity contribution in [3.8, 4) is 22.9 Å². The summed E-state index contributed by atoms with van der Waals surface area (Å²) in [5.41, 5.74) is 5.85. The molecular formula is C24H22N4O2. The van der Waals surface area contributed by atoms with Gasteiger partial charge in [-0.05, 0) is 35.4 Å². The molecule has 6 nitrogen and oxygen atoms in total. The van der Waals surface area contributed by atoms with Crippen LogP contribution in [0.5, 0.6) is 11.5 Å². The number of nitrogens with one attached hydrogen (secondary N) is 2. The molecule has 0 aliphatic heterocycles. The molecule has 30 heavy (non-hydrogen) atoms. The Bertz CT molecular complexity index is 1160. The van der Waals surface area contributed by atoms with Gasteiger partial charge in [0.15, 0.2) is 0 Å². The molecule has 2 N–H and O–H groups in total. The quantitative estimate of drug-likeness (QED) is 0.523. The number of nitrogens with zero attached hydrogens (tertiary/aromatic N) is 2. The van der Waals surface area contributed by atoms with Crippen LogP contribution in [0.4, 0.5) is 0 Å². The van der Waals surface area contributed by atoms with Crippen molar-refractivity contribution in [3.63, 3.8) is 0 Å². The third-order valence-electron chi connectivity index (χ3n) is 5.80. The van der Waals surface area contributed by atoms with Gasteiger partial charge in [-0.1, -0.05) is 36.4 Å². The van der Waals surface area contributed by atoms with Crippen LogP contribution in [0, 0.1) is 0 Å². The van der Waals surface area contributed by atoms with Crippen molar-refractivity contribution < 1.29 is 9.47 Å². The third-order valence-corrected chi connectivity index (χ3v) is 5.80. The van der Waals surface area contributed by atoms with Crippen molar-refractivity contribution in [2.24, 2.45) is 0 Å². The predicted octanol–water partition coefficient (Wildman–Crippen LogP) is 4.37. The van der Waals surface area contributed by atoms with E-state index in [-0.39, 0.29) is 5.41 Å². The minimum Gasteiger partial charge on any atom is -0.497 e. The van der Waals surface area contributed by atoms with Crippen LogP contribution in [-0.4, -0.2) is 34.4 Å². The molecule has 0 atom stereocenters. The Balaban J connectivity index is 1.68. The first-order chi connectivity index (χ1) is 14.7. The lowest BCUT2D eigenvalue weighted by Crippen LogP contribution is -2.30. The maximum absolute atomic E-state index is 5.51. The number of imidazole rings is 1. The van der Waals surface area contributed by atoms with Gasteiger partial charge in [-0.15, -0.1) is 0 Å². The van der Waals surface area contributed by atoms with E-state index in [0.29, 0.717) is 0 Å². The SMILES string of the molecule is COc1cccc(C2(c3cccc(OC)c3)C=Cc3c(-c4cnc[nH]4)n[nH]c3C2)c1. The van der Waals surface area contributed by atoms with Gasteiger partial charge in [0.1, 0.15) is 17.2 Å². The van der Waals surface area contributed by atoms with E-state index in [1.54, 1.807) is 26.7 Å². The number of hydrogen-bond acceptors (Lipinski definition) is 4. The molecule has 0 radical (unpaired) electrons. The summed E-state index contributed by atoms with van der Waals surface area (Å²) in [5, 5.41) is 7.82. The average Bonchev–Trinajstić information content (AvgIpc) is 3.48. The Morgan fingerprint density at radius 2 is 1.67 bits per heavy atom. The molecule has 0 fully saturated rings. The largest absolute Gasteiger partial charge is 0.497 e. The van der Waals surface area contributed by atoms with E-state index in [9.17, 15) is 0 Å². The van der Waals surface area contributed by atoms with Crippen molar-refractivity contribution >= 4 is 6.08 Å². The zero-order chi connectivity index (χ0) is 20.6. The highest BCUT2D eigenvalue weighted by molar-refractivity contribution is 5.74. The molecule has 0 unspecified atom stereocenters. The van der Waals surface area contributed by atoms with E-state index in [2.05, 4.69) is 56.6 Å². The van der Waals surface area contributed by atoms with E-state index < -0.39 is 0 Å². The standard InChI is InChI=1S/C24H22N4O2/c1-29-18-7-3-5-16(11-18)24(17-6-4-8-19(12-17)30-2)10-9-20-21(13-24)27-28-23(20)22-14-25-15-26-22/h3-12,14-15H,13H2,1-2H3,(H,25,26)(H,27,28). The fraction of sp³-hybridized carbons (Fsp3) is 0.167. The van der Waals surface area contributed by atoms with Gasteiger partial charge in [-0.25, -0.2) is 4.98 Å². The molecule has 1 aliphatic carbocycles. The summed E-state index contributed by atoms with van der Waals surface area (Å²) in [5.74, 6) is 1.66. The van der Waals surface area contributed by atoms with Crippen LogP contribution in [0.15, 0.2) is 67.1 Å². The number of benzene rings is 2. The predicted molar refractivity (Wildman–Crippen MR) is 116 cm³/mol. The fourth-order valence-electron chi connectivity index (χ4n) is 4.22. The van der Waals surface area contributed by atoms with Crippen LogP contribution in [0.25, 0.3) is 17.5 Å². The van der Waals surface area contributed by atoms with Crippen LogP contribution >= 0.6 is 0 Å². The molecule has 2 aromatic carbocycles. The molecule has 0 spiro atoms. The Hall–Kier alpha value is -3.80. The Labute approximate surface area is 174 Å². The summed E-state index contributed by atoms with van der Waals surface area (Å²) in [6.45, 7) is 0. The van der Waals surface area contributed by atoms with Crippen molar-refractivity contribution in [1.29, 1.82) is 0 Å². The second-order valence-electron chi connectivity index (χ2n) is 7.38. The molecule has 2 heterocycles. The number of aromatic nitrogens is 4.